The van der Waals surface area contributed by atoms with Gasteiger partial charge in [0.2, 0.25) is 0 Å². The zero-order valence-corrected chi connectivity index (χ0v) is 14.4. The van der Waals surface area contributed by atoms with E-state index in [-0.39, 0.29) is 12.4 Å². The van der Waals surface area contributed by atoms with Gasteiger partial charge in [-0.15, -0.1) is 0 Å². The lowest BCUT2D eigenvalue weighted by atomic mass is 10.1. The number of carbonyl (C=O) groups is 1. The second-order valence-corrected chi connectivity index (χ2v) is 5.52. The van der Waals surface area contributed by atoms with Crippen LogP contribution in [0.4, 0.5) is 0 Å². The molecule has 0 saturated heterocycles. The van der Waals surface area contributed by atoms with Gasteiger partial charge < -0.3 is 19.9 Å². The van der Waals surface area contributed by atoms with Crippen molar-refractivity contribution in [3.05, 3.63) is 65.7 Å². The molecule has 0 radical (unpaired) electrons. The van der Waals surface area contributed by atoms with Gasteiger partial charge in [-0.3, -0.25) is 4.79 Å². The highest BCUT2D eigenvalue weighted by Crippen LogP contribution is 2.15. The largest absolute Gasteiger partial charge is 0.497 e. The molecule has 0 heterocycles. The van der Waals surface area contributed by atoms with Gasteiger partial charge in [-0.05, 0) is 55.1 Å². The Balaban J connectivity index is 1.91. The maximum Gasteiger partial charge on any atom is 0.185 e. The number of ether oxygens (including phenoxy) is 2. The number of aliphatic hydroxyl groups is 1. The number of allylic oxidation sites excluding steroid dienone is 1. The summed E-state index contributed by atoms with van der Waals surface area (Å²) in [5, 5.41) is 12.5. The molecule has 1 unspecified atom stereocenters. The molecule has 25 heavy (non-hydrogen) atoms. The van der Waals surface area contributed by atoms with Crippen LogP contribution >= 0.6 is 0 Å². The SMILES string of the molecule is CNCC(O)COc1ccc(C(=O)C=Cc2ccc(OC)cc2)cc1. The molecule has 2 aromatic rings. The number of hydrogen-bond donors (Lipinski definition) is 2. The van der Waals surface area contributed by atoms with Crippen LogP contribution in [-0.4, -0.2) is 44.3 Å². The third-order valence-electron chi connectivity index (χ3n) is 3.56. The van der Waals surface area contributed by atoms with Crippen molar-refractivity contribution in [3.63, 3.8) is 0 Å². The normalized spacial score (nSPS) is 12.1. The number of rotatable bonds is 9. The van der Waals surface area contributed by atoms with Gasteiger partial charge in [0.25, 0.3) is 0 Å². The Morgan fingerprint density at radius 1 is 1.12 bits per heavy atom. The van der Waals surface area contributed by atoms with Gasteiger partial charge >= 0.3 is 0 Å². The van der Waals surface area contributed by atoms with E-state index in [1.54, 1.807) is 44.5 Å². The average molecular weight is 341 g/mol. The summed E-state index contributed by atoms with van der Waals surface area (Å²) in [6.45, 7) is 0.665. The van der Waals surface area contributed by atoms with Crippen LogP contribution in [0.3, 0.4) is 0 Å². The topological polar surface area (TPSA) is 67.8 Å². The Morgan fingerprint density at radius 3 is 2.36 bits per heavy atom. The van der Waals surface area contributed by atoms with Crippen LogP contribution in [0.25, 0.3) is 6.08 Å². The first-order valence-electron chi connectivity index (χ1n) is 8.04. The van der Waals surface area contributed by atoms with Crippen molar-refractivity contribution in [1.82, 2.24) is 5.32 Å². The fourth-order valence-electron chi connectivity index (χ4n) is 2.19. The van der Waals surface area contributed by atoms with Crippen molar-refractivity contribution in [1.29, 1.82) is 0 Å². The van der Waals surface area contributed by atoms with Gasteiger partial charge in [0.15, 0.2) is 5.78 Å². The molecule has 5 heteroatoms. The van der Waals surface area contributed by atoms with Crippen LogP contribution in [0.2, 0.25) is 0 Å². The zero-order valence-electron chi connectivity index (χ0n) is 14.4. The summed E-state index contributed by atoms with van der Waals surface area (Å²) in [6.07, 6.45) is 2.73. The highest BCUT2D eigenvalue weighted by Gasteiger charge is 2.05. The van der Waals surface area contributed by atoms with Crippen molar-refractivity contribution < 1.29 is 19.4 Å². The van der Waals surface area contributed by atoms with Gasteiger partial charge in [0.05, 0.1) is 7.11 Å². The van der Waals surface area contributed by atoms with Crippen LogP contribution in [0.15, 0.2) is 54.6 Å². The van der Waals surface area contributed by atoms with E-state index in [1.807, 2.05) is 24.3 Å². The van der Waals surface area contributed by atoms with E-state index in [0.717, 1.165) is 11.3 Å². The summed E-state index contributed by atoms with van der Waals surface area (Å²) in [5.74, 6) is 1.31. The lowest BCUT2D eigenvalue weighted by molar-refractivity contribution is 0.104. The number of aliphatic hydroxyl groups excluding tert-OH is 1. The van der Waals surface area contributed by atoms with E-state index in [0.29, 0.717) is 17.9 Å². The number of methoxy groups -OCH3 is 1. The first kappa shape index (κ1) is 18.7. The summed E-state index contributed by atoms with van der Waals surface area (Å²) < 4.78 is 10.6. The van der Waals surface area contributed by atoms with Crippen LogP contribution in [0, 0.1) is 0 Å². The van der Waals surface area contributed by atoms with Crippen molar-refractivity contribution in [3.8, 4) is 11.5 Å². The molecule has 0 aliphatic carbocycles. The fraction of sp³-hybridized carbons (Fsp3) is 0.250. The quantitative estimate of drug-likeness (QED) is 0.542. The standard InChI is InChI=1S/C20H23NO4/c1-21-13-17(22)14-25-19-10-6-16(7-11-19)20(23)12-5-15-3-8-18(24-2)9-4-15/h3-12,17,21-22H,13-14H2,1-2H3. The number of carbonyl (C=O) groups excluding carboxylic acids is 1. The molecule has 0 spiro atoms. The van der Waals surface area contributed by atoms with Crippen molar-refractivity contribution in [2.45, 2.75) is 6.10 Å². The summed E-state index contributed by atoms with van der Waals surface area (Å²) >= 11 is 0. The molecule has 0 saturated carbocycles. The third kappa shape index (κ3) is 6.06. The van der Waals surface area contributed by atoms with E-state index in [1.165, 1.54) is 6.08 Å². The van der Waals surface area contributed by atoms with Gasteiger partial charge in [0, 0.05) is 12.1 Å². The highest BCUT2D eigenvalue weighted by molar-refractivity contribution is 6.06. The molecule has 0 aromatic heterocycles. The van der Waals surface area contributed by atoms with Crippen LogP contribution in [0.5, 0.6) is 11.5 Å². The minimum absolute atomic E-state index is 0.0856. The number of hydrogen-bond acceptors (Lipinski definition) is 5. The molecule has 0 aliphatic heterocycles. The Bertz CT molecular complexity index is 693. The van der Waals surface area contributed by atoms with Gasteiger partial charge in [-0.1, -0.05) is 18.2 Å². The second kappa shape index (κ2) is 9.61. The average Bonchev–Trinajstić information content (AvgIpc) is 2.65. The minimum atomic E-state index is -0.571. The molecule has 1 atom stereocenters. The van der Waals surface area contributed by atoms with Crippen molar-refractivity contribution >= 4 is 11.9 Å². The van der Waals surface area contributed by atoms with Crippen molar-refractivity contribution in [2.75, 3.05) is 27.3 Å². The number of nitrogens with one attached hydrogen (secondary N) is 1. The molecular formula is C20H23NO4. The molecule has 0 amide bonds. The Hall–Kier alpha value is -2.63. The lowest BCUT2D eigenvalue weighted by Gasteiger charge is -2.11. The monoisotopic (exact) mass is 341 g/mol. The second-order valence-electron chi connectivity index (χ2n) is 5.52. The van der Waals surface area contributed by atoms with E-state index < -0.39 is 6.10 Å². The van der Waals surface area contributed by atoms with Gasteiger partial charge in [0.1, 0.15) is 24.2 Å². The third-order valence-corrected chi connectivity index (χ3v) is 3.56. The summed E-state index contributed by atoms with van der Waals surface area (Å²) in [6, 6.07) is 14.3. The smallest absolute Gasteiger partial charge is 0.185 e. The summed E-state index contributed by atoms with van der Waals surface area (Å²) in [4.78, 5) is 12.2. The summed E-state index contributed by atoms with van der Waals surface area (Å²) in [5.41, 5.74) is 1.50. The van der Waals surface area contributed by atoms with Gasteiger partial charge in [-0.25, -0.2) is 0 Å². The Labute approximate surface area is 147 Å². The van der Waals surface area contributed by atoms with Crippen LogP contribution < -0.4 is 14.8 Å². The molecule has 0 bridgehead atoms. The molecule has 5 nitrogen and oxygen atoms in total. The fourth-order valence-corrected chi connectivity index (χ4v) is 2.19. The molecule has 0 aliphatic rings. The number of likely N-dealkylation sites (N-methyl/N-ethyl adjacent to an activating group) is 1. The van der Waals surface area contributed by atoms with Crippen LogP contribution in [-0.2, 0) is 0 Å². The van der Waals surface area contributed by atoms with Gasteiger partial charge in [-0.2, -0.15) is 0 Å². The number of benzene rings is 2. The molecule has 0 fully saturated rings. The predicted molar refractivity (Wildman–Crippen MR) is 98.2 cm³/mol. The lowest BCUT2D eigenvalue weighted by Crippen LogP contribution is -2.29. The zero-order chi connectivity index (χ0) is 18.1. The molecule has 2 aromatic carbocycles. The Kier molecular flexibility index (Phi) is 7.19. The van der Waals surface area contributed by atoms with E-state index in [9.17, 15) is 9.90 Å². The minimum Gasteiger partial charge on any atom is -0.497 e. The van der Waals surface area contributed by atoms with E-state index >= 15 is 0 Å². The summed E-state index contributed by atoms with van der Waals surface area (Å²) in [7, 11) is 3.38. The van der Waals surface area contributed by atoms with Crippen molar-refractivity contribution in [2.24, 2.45) is 0 Å². The predicted octanol–water partition coefficient (Wildman–Crippen LogP) is 2.55. The molecule has 2 rings (SSSR count). The molecule has 132 valence electrons. The highest BCUT2D eigenvalue weighted by atomic mass is 16.5. The first-order chi connectivity index (χ1) is 12.1. The maximum atomic E-state index is 12.2. The molecule has 2 N–H and O–H groups in total. The Morgan fingerprint density at radius 2 is 1.76 bits per heavy atom. The van der Waals surface area contributed by atoms with E-state index in [4.69, 9.17) is 9.47 Å². The van der Waals surface area contributed by atoms with E-state index in [2.05, 4.69) is 5.32 Å². The van der Waals surface area contributed by atoms with Crippen LogP contribution in [0.1, 0.15) is 15.9 Å². The maximum absolute atomic E-state index is 12.2. The first-order valence-corrected chi connectivity index (χ1v) is 8.04. The number of ketones is 1. The molecular weight excluding hydrogens is 318 g/mol.